The van der Waals surface area contributed by atoms with Crippen LogP contribution in [0.4, 0.5) is 0 Å². The minimum Gasteiger partial charge on any atom is -0.344 e. The van der Waals surface area contributed by atoms with Gasteiger partial charge in [-0.2, -0.15) is 0 Å². The summed E-state index contributed by atoms with van der Waals surface area (Å²) in [5.74, 6) is 0.537. The molecule has 2 heterocycles. The largest absolute Gasteiger partial charge is 0.344 e. The molecule has 0 atom stereocenters. The zero-order valence-electron chi connectivity index (χ0n) is 14.1. The van der Waals surface area contributed by atoms with Gasteiger partial charge in [0.1, 0.15) is 0 Å². The lowest BCUT2D eigenvalue weighted by Gasteiger charge is -2.07. The molecular formula is C22H19NS. The molecule has 0 aliphatic rings. The normalized spacial score (nSPS) is 12.3. The van der Waals surface area contributed by atoms with E-state index in [1.807, 2.05) is 11.3 Å². The van der Waals surface area contributed by atoms with Crippen LogP contribution in [0.25, 0.3) is 42.0 Å². The van der Waals surface area contributed by atoms with E-state index < -0.39 is 0 Å². The summed E-state index contributed by atoms with van der Waals surface area (Å²) >= 11 is 1.91. The Kier molecular flexibility index (Phi) is 2.84. The van der Waals surface area contributed by atoms with Crippen molar-refractivity contribution in [3.63, 3.8) is 0 Å². The molecule has 0 saturated heterocycles. The molecule has 5 aromatic rings. The first kappa shape index (κ1) is 14.1. The molecule has 2 heteroatoms. The second kappa shape index (κ2) is 4.84. The van der Waals surface area contributed by atoms with Gasteiger partial charge in [-0.25, -0.2) is 0 Å². The van der Waals surface area contributed by atoms with Crippen LogP contribution in [-0.2, 0) is 7.05 Å². The zero-order chi connectivity index (χ0) is 16.4. The molecule has 0 fully saturated rings. The molecule has 118 valence electrons. The molecule has 0 bridgehead atoms. The number of rotatable bonds is 1. The van der Waals surface area contributed by atoms with Crippen molar-refractivity contribution in [3.8, 4) is 0 Å². The Morgan fingerprint density at radius 3 is 2.46 bits per heavy atom. The second-order valence-corrected chi connectivity index (χ2v) is 8.00. The first-order valence-corrected chi connectivity index (χ1v) is 9.29. The predicted molar refractivity (Wildman–Crippen MR) is 107 cm³/mol. The van der Waals surface area contributed by atoms with Gasteiger partial charge in [0.05, 0.1) is 5.52 Å². The van der Waals surface area contributed by atoms with Gasteiger partial charge in [-0.15, -0.1) is 11.3 Å². The number of fused-ring (bicyclic) bond motifs is 6. The lowest BCUT2D eigenvalue weighted by Crippen LogP contribution is -1.87. The number of thiophene rings is 1. The molecule has 0 N–H and O–H groups in total. The van der Waals surface area contributed by atoms with Gasteiger partial charge in [0, 0.05) is 43.5 Å². The van der Waals surface area contributed by atoms with Gasteiger partial charge in [-0.05, 0) is 35.7 Å². The van der Waals surface area contributed by atoms with Crippen LogP contribution in [0.5, 0.6) is 0 Å². The average molecular weight is 329 g/mol. The highest BCUT2D eigenvalue weighted by Gasteiger charge is 2.15. The predicted octanol–water partition coefficient (Wildman–Crippen LogP) is 6.82. The highest BCUT2D eigenvalue weighted by Crippen LogP contribution is 2.41. The topological polar surface area (TPSA) is 4.93 Å². The van der Waals surface area contributed by atoms with Crippen molar-refractivity contribution in [2.75, 3.05) is 0 Å². The number of hydrogen-bond acceptors (Lipinski definition) is 1. The molecule has 0 aliphatic carbocycles. The van der Waals surface area contributed by atoms with E-state index in [0.717, 1.165) is 0 Å². The maximum atomic E-state index is 2.41. The molecule has 0 amide bonds. The minimum absolute atomic E-state index is 0.537. The van der Waals surface area contributed by atoms with Crippen molar-refractivity contribution in [3.05, 3.63) is 60.2 Å². The van der Waals surface area contributed by atoms with Gasteiger partial charge in [0.15, 0.2) is 0 Å². The standard InChI is InChI=1S/C22H19NS/c1-13(2)14-8-6-10-20-22(14)17-11-16-15-7-4-5-9-18(15)23(3)19(16)12-21(17)24-20/h4-13H,1-3H3. The van der Waals surface area contributed by atoms with E-state index in [-0.39, 0.29) is 0 Å². The number of para-hydroxylation sites is 1. The summed E-state index contributed by atoms with van der Waals surface area (Å²) < 4.78 is 5.10. The molecule has 0 spiro atoms. The van der Waals surface area contributed by atoms with Gasteiger partial charge in [0.2, 0.25) is 0 Å². The van der Waals surface area contributed by atoms with Crippen LogP contribution >= 0.6 is 11.3 Å². The molecule has 1 nitrogen and oxygen atoms in total. The Labute approximate surface area is 145 Å². The first-order chi connectivity index (χ1) is 11.6. The van der Waals surface area contributed by atoms with Crippen molar-refractivity contribution in [1.82, 2.24) is 4.57 Å². The summed E-state index contributed by atoms with van der Waals surface area (Å²) in [7, 11) is 2.17. The van der Waals surface area contributed by atoms with E-state index in [0.29, 0.717) is 5.92 Å². The lowest BCUT2D eigenvalue weighted by atomic mass is 9.97. The average Bonchev–Trinajstić information content (AvgIpc) is 3.09. The van der Waals surface area contributed by atoms with E-state index in [1.54, 1.807) is 0 Å². The third-order valence-corrected chi connectivity index (χ3v) is 6.30. The summed E-state index contributed by atoms with van der Waals surface area (Å²) in [6.07, 6.45) is 0. The Morgan fingerprint density at radius 1 is 0.792 bits per heavy atom. The molecule has 24 heavy (non-hydrogen) atoms. The van der Waals surface area contributed by atoms with E-state index in [1.165, 1.54) is 47.5 Å². The molecular weight excluding hydrogens is 310 g/mol. The molecule has 0 aliphatic heterocycles. The number of aromatic nitrogens is 1. The van der Waals surface area contributed by atoms with E-state index in [2.05, 4.69) is 80.1 Å². The number of nitrogens with zero attached hydrogens (tertiary/aromatic N) is 1. The molecule has 2 aromatic heterocycles. The van der Waals surface area contributed by atoms with Crippen LogP contribution < -0.4 is 0 Å². The second-order valence-electron chi connectivity index (χ2n) is 6.92. The maximum Gasteiger partial charge on any atom is 0.0503 e. The quantitative estimate of drug-likeness (QED) is 0.318. The van der Waals surface area contributed by atoms with Gasteiger partial charge in [-0.1, -0.05) is 44.2 Å². The number of benzene rings is 3. The highest BCUT2D eigenvalue weighted by molar-refractivity contribution is 7.25. The Bertz CT molecular complexity index is 1240. The summed E-state index contributed by atoms with van der Waals surface area (Å²) in [4.78, 5) is 0. The molecule has 0 saturated carbocycles. The molecule has 0 radical (unpaired) electrons. The fourth-order valence-corrected chi connectivity index (χ4v) is 5.14. The molecule has 5 rings (SSSR count). The molecule has 0 unspecified atom stereocenters. The first-order valence-electron chi connectivity index (χ1n) is 8.47. The monoisotopic (exact) mass is 329 g/mol. The van der Waals surface area contributed by atoms with Crippen LogP contribution in [0.2, 0.25) is 0 Å². The van der Waals surface area contributed by atoms with Crippen molar-refractivity contribution in [2.45, 2.75) is 19.8 Å². The summed E-state index contributed by atoms with van der Waals surface area (Å²) in [5.41, 5.74) is 4.08. The Hall–Kier alpha value is -2.32. The Morgan fingerprint density at radius 2 is 1.62 bits per heavy atom. The molecule has 3 aromatic carbocycles. The summed E-state index contributed by atoms with van der Waals surface area (Å²) in [5, 5.41) is 5.56. The maximum absolute atomic E-state index is 2.41. The summed E-state index contributed by atoms with van der Waals surface area (Å²) in [6.45, 7) is 4.57. The highest BCUT2D eigenvalue weighted by atomic mass is 32.1. The van der Waals surface area contributed by atoms with Crippen LogP contribution in [0.15, 0.2) is 54.6 Å². The minimum atomic E-state index is 0.537. The van der Waals surface area contributed by atoms with Gasteiger partial charge in [0.25, 0.3) is 0 Å². The van der Waals surface area contributed by atoms with Crippen LogP contribution in [0.1, 0.15) is 25.3 Å². The van der Waals surface area contributed by atoms with Gasteiger partial charge in [-0.3, -0.25) is 0 Å². The Balaban J connectivity index is 2.03. The van der Waals surface area contributed by atoms with Crippen molar-refractivity contribution in [2.24, 2.45) is 7.05 Å². The fourth-order valence-electron chi connectivity index (χ4n) is 3.99. The zero-order valence-corrected chi connectivity index (χ0v) is 14.9. The van der Waals surface area contributed by atoms with E-state index in [9.17, 15) is 0 Å². The SMILES string of the molecule is CC(C)c1cccc2sc3cc4c(cc3c12)c1ccccc1n4C. The number of aryl methyl sites for hydroxylation is 1. The lowest BCUT2D eigenvalue weighted by molar-refractivity contribution is 0.877. The van der Waals surface area contributed by atoms with Crippen molar-refractivity contribution in [1.29, 1.82) is 0 Å². The smallest absolute Gasteiger partial charge is 0.0503 e. The number of hydrogen-bond donors (Lipinski definition) is 0. The third kappa shape index (κ3) is 1.75. The fraction of sp³-hybridized carbons (Fsp3) is 0.182. The summed E-state index contributed by atoms with van der Waals surface area (Å²) in [6, 6.07) is 20.2. The van der Waals surface area contributed by atoms with Crippen LogP contribution in [-0.4, -0.2) is 4.57 Å². The van der Waals surface area contributed by atoms with Crippen LogP contribution in [0, 0.1) is 0 Å². The van der Waals surface area contributed by atoms with E-state index in [4.69, 9.17) is 0 Å². The van der Waals surface area contributed by atoms with Crippen LogP contribution in [0.3, 0.4) is 0 Å². The van der Waals surface area contributed by atoms with Gasteiger partial charge >= 0.3 is 0 Å². The van der Waals surface area contributed by atoms with E-state index >= 15 is 0 Å². The van der Waals surface area contributed by atoms with Crippen molar-refractivity contribution < 1.29 is 0 Å². The van der Waals surface area contributed by atoms with Crippen molar-refractivity contribution >= 4 is 53.3 Å². The van der Waals surface area contributed by atoms with Gasteiger partial charge < -0.3 is 4.57 Å². The third-order valence-electron chi connectivity index (χ3n) is 5.18.